The first kappa shape index (κ1) is 24.2. The van der Waals surface area contributed by atoms with Gasteiger partial charge in [0.15, 0.2) is 0 Å². The molecule has 0 nitrogen and oxygen atoms in total. The van der Waals surface area contributed by atoms with E-state index in [4.69, 9.17) is 0 Å². The molecule has 34 heavy (non-hydrogen) atoms. The number of hydrogen-bond donors (Lipinski definition) is 0. The lowest BCUT2D eigenvalue weighted by molar-refractivity contribution is -0.257. The predicted molar refractivity (Wildman–Crippen MR) is 129 cm³/mol. The normalized spacial score (nSPS) is 32.2. The third kappa shape index (κ3) is 2.63. The minimum Gasteiger partial charge on any atom is -0.194 e. The van der Waals surface area contributed by atoms with Crippen LogP contribution < -0.4 is 0 Å². The molecule has 2 heterocycles. The van der Waals surface area contributed by atoms with Crippen LogP contribution in [0.4, 0.5) is 26.3 Å². The van der Waals surface area contributed by atoms with Gasteiger partial charge in [-0.2, -0.15) is 26.3 Å². The molecule has 0 radical (unpaired) electrons. The van der Waals surface area contributed by atoms with Crippen LogP contribution in [0.25, 0.3) is 5.57 Å². The van der Waals surface area contributed by atoms with Crippen molar-refractivity contribution in [3.8, 4) is 11.5 Å². The molecule has 180 valence electrons. The molecular formula is C25H22F6S2Si. The summed E-state index contributed by atoms with van der Waals surface area (Å²) >= 11 is 2.51. The van der Waals surface area contributed by atoms with Gasteiger partial charge in [-0.3, -0.25) is 0 Å². The number of thioether (sulfide) groups is 2. The molecule has 1 aromatic carbocycles. The number of allylic oxidation sites excluding steroid dienone is 4. The van der Waals surface area contributed by atoms with Gasteiger partial charge in [0.25, 0.3) is 0 Å². The monoisotopic (exact) mass is 528 g/mol. The molecule has 9 heteroatoms. The lowest BCUT2D eigenvalue weighted by Crippen LogP contribution is -2.48. The second kappa shape index (κ2) is 6.62. The summed E-state index contributed by atoms with van der Waals surface area (Å²) < 4.78 is 88.9. The number of halogens is 6. The summed E-state index contributed by atoms with van der Waals surface area (Å²) in [6, 6.07) is 6.61. The predicted octanol–water partition coefficient (Wildman–Crippen LogP) is 8.19. The highest BCUT2D eigenvalue weighted by Gasteiger charge is 2.84. The third-order valence-corrected chi connectivity index (χ3v) is 11.3. The second-order valence-electron chi connectivity index (χ2n) is 10.4. The molecule has 5 rings (SSSR count). The highest BCUT2D eigenvalue weighted by atomic mass is 32.2. The van der Waals surface area contributed by atoms with Crippen molar-refractivity contribution in [3.63, 3.8) is 0 Å². The van der Waals surface area contributed by atoms with E-state index >= 15 is 17.6 Å². The van der Waals surface area contributed by atoms with Crippen molar-refractivity contribution in [2.45, 2.75) is 72.6 Å². The third-order valence-electron chi connectivity index (χ3n) is 7.07. The number of fused-ring (bicyclic) bond motifs is 6. The standard InChI is InChI=1S/C25H22F6S2Si/c1-13-15(11-12-34(4,5)6)32-21(2)17(13)19-20(24(28,29)25(30,31)23(19,26)27)18-14-9-7-8-10-16(14)33-22(18,21)3/h7-10H,1-6H3. The Morgan fingerprint density at radius 1 is 0.765 bits per heavy atom. The summed E-state index contributed by atoms with van der Waals surface area (Å²) in [5.41, 5.74) is 1.14. The van der Waals surface area contributed by atoms with E-state index in [1.807, 2.05) is 19.6 Å². The molecule has 2 aliphatic carbocycles. The van der Waals surface area contributed by atoms with E-state index in [1.165, 1.54) is 30.4 Å². The summed E-state index contributed by atoms with van der Waals surface area (Å²) in [4.78, 5) is 1.10. The Morgan fingerprint density at radius 2 is 1.29 bits per heavy atom. The van der Waals surface area contributed by atoms with Gasteiger partial charge in [-0.1, -0.05) is 43.8 Å². The zero-order valence-electron chi connectivity index (χ0n) is 19.4. The molecule has 1 saturated carbocycles. The molecule has 0 aromatic heterocycles. The number of benzene rings is 1. The average molecular weight is 529 g/mol. The SMILES string of the molecule is CC1=C(C#C[Si](C)(C)C)SC2(C)C1=C1C(=C3c4ccccc4SC32C)C(F)(F)C(F)(F)C1(F)F. The van der Waals surface area contributed by atoms with Crippen LogP contribution in [0.1, 0.15) is 26.3 Å². The van der Waals surface area contributed by atoms with Gasteiger partial charge in [-0.15, -0.1) is 29.1 Å². The van der Waals surface area contributed by atoms with E-state index in [1.54, 1.807) is 38.1 Å². The zero-order chi connectivity index (χ0) is 25.3. The van der Waals surface area contributed by atoms with Crippen LogP contribution in [-0.2, 0) is 0 Å². The zero-order valence-corrected chi connectivity index (χ0v) is 22.0. The Kier molecular flexibility index (Phi) is 4.72. The van der Waals surface area contributed by atoms with E-state index in [2.05, 4.69) is 11.5 Å². The Bertz CT molecular complexity index is 1320. The van der Waals surface area contributed by atoms with Crippen molar-refractivity contribution in [1.29, 1.82) is 0 Å². The fraction of sp³-hybridized carbons (Fsp3) is 0.440. The Morgan fingerprint density at radius 3 is 1.88 bits per heavy atom. The Balaban J connectivity index is 1.94. The van der Waals surface area contributed by atoms with Crippen LogP contribution in [0.5, 0.6) is 0 Å². The van der Waals surface area contributed by atoms with Crippen LogP contribution in [0.15, 0.2) is 56.4 Å². The van der Waals surface area contributed by atoms with Crippen molar-refractivity contribution < 1.29 is 26.3 Å². The Labute approximate surface area is 204 Å². The van der Waals surface area contributed by atoms with Gasteiger partial charge in [0.05, 0.1) is 14.4 Å². The fourth-order valence-electron chi connectivity index (χ4n) is 5.32. The molecule has 2 atom stereocenters. The maximum absolute atomic E-state index is 15.4. The maximum Gasteiger partial charge on any atom is 0.380 e. The second-order valence-corrected chi connectivity index (χ2v) is 18.1. The molecule has 0 spiro atoms. The molecular weight excluding hydrogens is 506 g/mol. The number of alkyl halides is 6. The quantitative estimate of drug-likeness (QED) is 0.189. The molecule has 4 aliphatic rings. The highest BCUT2D eigenvalue weighted by Crippen LogP contribution is 2.76. The van der Waals surface area contributed by atoms with E-state index in [0.29, 0.717) is 15.4 Å². The van der Waals surface area contributed by atoms with Gasteiger partial charge in [-0.05, 0) is 49.1 Å². The van der Waals surface area contributed by atoms with Crippen LogP contribution in [0, 0.1) is 11.5 Å². The van der Waals surface area contributed by atoms with Crippen molar-refractivity contribution >= 4 is 37.2 Å². The van der Waals surface area contributed by atoms with Crippen LogP contribution in [0.2, 0.25) is 19.6 Å². The van der Waals surface area contributed by atoms with E-state index < -0.39 is 46.5 Å². The topological polar surface area (TPSA) is 0 Å². The molecule has 0 amide bonds. The van der Waals surface area contributed by atoms with Crippen LogP contribution in [-0.4, -0.2) is 35.3 Å². The molecule has 1 fully saturated rings. The van der Waals surface area contributed by atoms with E-state index in [-0.39, 0.29) is 16.7 Å². The average Bonchev–Trinajstić information content (AvgIpc) is 3.19. The Hall–Kier alpha value is -1.50. The number of rotatable bonds is 0. The molecule has 2 unspecified atom stereocenters. The van der Waals surface area contributed by atoms with Gasteiger partial charge in [0, 0.05) is 16.0 Å². The van der Waals surface area contributed by atoms with Gasteiger partial charge in [0.2, 0.25) is 0 Å². The highest BCUT2D eigenvalue weighted by molar-refractivity contribution is 8.08. The molecule has 1 aromatic rings. The van der Waals surface area contributed by atoms with Gasteiger partial charge < -0.3 is 0 Å². The van der Waals surface area contributed by atoms with Gasteiger partial charge >= 0.3 is 17.8 Å². The molecule has 0 bridgehead atoms. The van der Waals surface area contributed by atoms with E-state index in [9.17, 15) is 8.78 Å². The fourth-order valence-corrected chi connectivity index (χ4v) is 9.05. The van der Waals surface area contributed by atoms with E-state index in [0.717, 1.165) is 0 Å². The summed E-state index contributed by atoms with van der Waals surface area (Å²) in [5, 5.41) is 0. The lowest BCUT2D eigenvalue weighted by atomic mass is 9.68. The minimum absolute atomic E-state index is 0.115. The number of hydrogen-bond acceptors (Lipinski definition) is 2. The smallest absolute Gasteiger partial charge is 0.194 e. The van der Waals surface area contributed by atoms with Gasteiger partial charge in [0.1, 0.15) is 8.07 Å². The van der Waals surface area contributed by atoms with Crippen molar-refractivity contribution in [2.75, 3.05) is 0 Å². The molecule has 2 aliphatic heterocycles. The first-order valence-corrected chi connectivity index (χ1v) is 15.9. The lowest BCUT2D eigenvalue weighted by Gasteiger charge is -2.47. The largest absolute Gasteiger partial charge is 0.380 e. The summed E-state index contributed by atoms with van der Waals surface area (Å²) in [7, 11) is -1.85. The van der Waals surface area contributed by atoms with Crippen LogP contribution >= 0.6 is 23.5 Å². The summed E-state index contributed by atoms with van der Waals surface area (Å²) in [6.07, 6.45) is 0. The van der Waals surface area contributed by atoms with Crippen LogP contribution in [0.3, 0.4) is 0 Å². The van der Waals surface area contributed by atoms with Crippen molar-refractivity contribution in [2.24, 2.45) is 0 Å². The first-order valence-electron chi connectivity index (χ1n) is 10.8. The molecule has 0 N–H and O–H groups in total. The summed E-state index contributed by atoms with van der Waals surface area (Å²) in [6.45, 7) is 11.0. The van der Waals surface area contributed by atoms with Crippen molar-refractivity contribution in [1.82, 2.24) is 0 Å². The summed E-state index contributed by atoms with van der Waals surface area (Å²) in [5.74, 6) is -12.5. The minimum atomic E-state index is -5.54. The molecule has 0 saturated heterocycles. The first-order chi connectivity index (χ1) is 15.4. The maximum atomic E-state index is 15.4. The van der Waals surface area contributed by atoms with Gasteiger partial charge in [-0.25, -0.2) is 0 Å². The van der Waals surface area contributed by atoms with Crippen molar-refractivity contribution in [3.05, 3.63) is 57.0 Å².